The van der Waals surface area contributed by atoms with Gasteiger partial charge in [0.05, 0.1) is 31.5 Å². The molecule has 0 saturated carbocycles. The molecule has 2 heterocycles. The Labute approximate surface area is 183 Å². The fourth-order valence-electron chi connectivity index (χ4n) is 1.82. The van der Waals surface area contributed by atoms with Gasteiger partial charge in [0.15, 0.2) is 0 Å². The zero-order chi connectivity index (χ0) is 18.5. The first kappa shape index (κ1) is 25.6. The Balaban J connectivity index is 0.000000923. The number of hydrogen-bond donors (Lipinski definition) is 3. The predicted molar refractivity (Wildman–Crippen MR) is 95.1 cm³/mol. The molecule has 1 aromatic rings. The van der Waals surface area contributed by atoms with Gasteiger partial charge in [-0.05, 0) is 12.2 Å². The molecular weight excluding hydrogens is 437 g/mol. The van der Waals surface area contributed by atoms with Crippen LogP contribution in [0.3, 0.4) is 0 Å². The molecular formula is C15H27N4O5SY-. The number of ether oxygens (including phenoxy) is 2. The van der Waals surface area contributed by atoms with Gasteiger partial charge in [0.2, 0.25) is 5.82 Å². The van der Waals surface area contributed by atoms with E-state index in [1.165, 1.54) is 0 Å². The van der Waals surface area contributed by atoms with Crippen LogP contribution in [0.4, 0.5) is 5.82 Å². The molecule has 1 fully saturated rings. The molecule has 1 radical (unpaired) electrons. The van der Waals surface area contributed by atoms with Crippen molar-refractivity contribution in [2.75, 3.05) is 57.5 Å². The van der Waals surface area contributed by atoms with Crippen LogP contribution < -0.4 is 15.0 Å². The molecule has 2 rings (SSSR count). The molecule has 0 amide bonds. The SMILES string of the molecule is OCCNC[C@H](O)COc1nsnc1N1CCOCC1.[CH2-]C(=O)CC.[Y]. The number of nitrogens with zero attached hydrogens (tertiary/aromatic N) is 3. The zero-order valence-corrected chi connectivity index (χ0v) is 18.7. The van der Waals surface area contributed by atoms with Gasteiger partial charge in [-0.2, -0.15) is 4.37 Å². The molecule has 1 saturated heterocycles. The van der Waals surface area contributed by atoms with Crippen LogP contribution in [0.1, 0.15) is 13.3 Å². The van der Waals surface area contributed by atoms with E-state index in [2.05, 4.69) is 25.9 Å². The van der Waals surface area contributed by atoms with Crippen LogP contribution >= 0.6 is 11.7 Å². The quantitative estimate of drug-likeness (QED) is 0.328. The van der Waals surface area contributed by atoms with Crippen LogP contribution in [0.15, 0.2) is 0 Å². The van der Waals surface area contributed by atoms with E-state index in [-0.39, 0.29) is 51.7 Å². The summed E-state index contributed by atoms with van der Waals surface area (Å²) >= 11 is 1.10. The van der Waals surface area contributed by atoms with E-state index in [4.69, 9.17) is 14.6 Å². The summed E-state index contributed by atoms with van der Waals surface area (Å²) in [4.78, 5) is 11.8. The molecule has 0 aliphatic carbocycles. The van der Waals surface area contributed by atoms with Crippen molar-refractivity contribution in [2.45, 2.75) is 19.4 Å². The first-order chi connectivity index (χ1) is 12.1. The summed E-state index contributed by atoms with van der Waals surface area (Å²) in [6, 6.07) is 0. The van der Waals surface area contributed by atoms with Crippen LogP contribution in [0.5, 0.6) is 5.88 Å². The van der Waals surface area contributed by atoms with E-state index in [0.717, 1.165) is 24.8 Å². The molecule has 1 atom stereocenters. The van der Waals surface area contributed by atoms with E-state index in [0.29, 0.717) is 44.4 Å². The largest absolute Gasteiger partial charge is 0.472 e. The minimum Gasteiger partial charge on any atom is -0.472 e. The van der Waals surface area contributed by atoms with Crippen molar-refractivity contribution in [3.8, 4) is 5.88 Å². The summed E-state index contributed by atoms with van der Waals surface area (Å²) in [6.07, 6.45) is -0.0965. The Bertz CT molecular complexity index is 488. The van der Waals surface area contributed by atoms with E-state index in [9.17, 15) is 9.90 Å². The number of aromatic nitrogens is 2. The number of ketones is 1. The number of anilines is 1. The first-order valence-electron chi connectivity index (χ1n) is 8.20. The topological polar surface area (TPSA) is 117 Å². The summed E-state index contributed by atoms with van der Waals surface area (Å²) in [5.41, 5.74) is 0. The molecule has 1 aliphatic heterocycles. The van der Waals surface area contributed by atoms with Crippen molar-refractivity contribution in [2.24, 2.45) is 0 Å². The third kappa shape index (κ3) is 10.7. The van der Waals surface area contributed by atoms with Crippen molar-refractivity contribution >= 4 is 23.3 Å². The minimum absolute atomic E-state index is 0. The number of carbonyl (C=O) groups excluding carboxylic acids is 1. The fourth-order valence-corrected chi connectivity index (χ4v) is 2.34. The van der Waals surface area contributed by atoms with Crippen molar-refractivity contribution in [1.29, 1.82) is 0 Å². The summed E-state index contributed by atoms with van der Waals surface area (Å²) < 4.78 is 19.2. The van der Waals surface area contributed by atoms with Crippen LogP contribution in [-0.2, 0) is 42.2 Å². The van der Waals surface area contributed by atoms with Crippen molar-refractivity contribution < 1.29 is 57.2 Å². The van der Waals surface area contributed by atoms with Crippen molar-refractivity contribution in [3.05, 3.63) is 6.92 Å². The van der Waals surface area contributed by atoms with Crippen molar-refractivity contribution in [1.82, 2.24) is 14.1 Å². The van der Waals surface area contributed by atoms with Gasteiger partial charge >= 0.3 is 0 Å². The molecule has 0 bridgehead atoms. The maximum Gasteiger partial charge on any atom is 0.270 e. The third-order valence-electron chi connectivity index (χ3n) is 3.23. The van der Waals surface area contributed by atoms with E-state index < -0.39 is 6.10 Å². The van der Waals surface area contributed by atoms with Gasteiger partial charge in [0, 0.05) is 58.9 Å². The second-order valence-electron chi connectivity index (χ2n) is 5.28. The number of aliphatic hydroxyl groups excluding tert-OH is 2. The van der Waals surface area contributed by atoms with Crippen molar-refractivity contribution in [3.63, 3.8) is 0 Å². The van der Waals surface area contributed by atoms with Crippen LogP contribution in [0.25, 0.3) is 0 Å². The molecule has 0 aromatic carbocycles. The van der Waals surface area contributed by atoms with Gasteiger partial charge in [0.1, 0.15) is 12.7 Å². The average molecular weight is 464 g/mol. The molecule has 1 aromatic heterocycles. The standard InChI is InChI=1S/C11H20N4O4S.C4H7O.Y/c16-4-1-12-7-9(17)8-19-11-10(13-20-14-11)15-2-5-18-6-3-15;1-3-4(2)5;/h9,12,16-17H,1-8H2;2-3H2,1H3;/q;-1;/t9-;;/m0../s1. The number of aliphatic hydroxyl groups is 2. The molecule has 9 nitrogen and oxygen atoms in total. The van der Waals surface area contributed by atoms with E-state index in [1.807, 2.05) is 0 Å². The smallest absolute Gasteiger partial charge is 0.270 e. The second-order valence-corrected chi connectivity index (χ2v) is 5.81. The minimum atomic E-state index is -0.652. The Hall–Kier alpha value is -0.356. The molecule has 11 heteroatoms. The Morgan fingerprint density at radius 3 is 2.69 bits per heavy atom. The average Bonchev–Trinajstić information content (AvgIpc) is 3.10. The molecule has 26 heavy (non-hydrogen) atoms. The number of hydrogen-bond acceptors (Lipinski definition) is 10. The van der Waals surface area contributed by atoms with Gasteiger partial charge in [-0.25, -0.2) is 0 Å². The summed E-state index contributed by atoms with van der Waals surface area (Å²) in [5, 5.41) is 21.3. The summed E-state index contributed by atoms with van der Waals surface area (Å²) in [6.45, 7) is 8.79. The zero-order valence-electron chi connectivity index (χ0n) is 15.1. The van der Waals surface area contributed by atoms with E-state index in [1.54, 1.807) is 6.92 Å². The third-order valence-corrected chi connectivity index (χ3v) is 3.73. The number of Topliss-reactive ketones (excluding diaryl/α,β-unsaturated/α-hetero) is 1. The van der Waals surface area contributed by atoms with Gasteiger partial charge < -0.3 is 41.6 Å². The normalized spacial score (nSPS) is 14.7. The monoisotopic (exact) mass is 464 g/mol. The predicted octanol–water partition coefficient (Wildman–Crippen LogP) is -0.507. The molecule has 147 valence electrons. The Kier molecular flexibility index (Phi) is 15.5. The van der Waals surface area contributed by atoms with Gasteiger partial charge in [-0.3, -0.25) is 0 Å². The molecule has 1 aliphatic rings. The van der Waals surface area contributed by atoms with E-state index >= 15 is 0 Å². The first-order valence-corrected chi connectivity index (χ1v) is 8.94. The number of nitrogens with one attached hydrogen (secondary N) is 1. The summed E-state index contributed by atoms with van der Waals surface area (Å²) in [7, 11) is 0. The van der Waals surface area contributed by atoms with Gasteiger partial charge in [-0.15, -0.1) is 4.37 Å². The molecule has 0 spiro atoms. The van der Waals surface area contributed by atoms with Crippen LogP contribution in [0.2, 0.25) is 0 Å². The maximum atomic E-state index is 9.73. The second kappa shape index (κ2) is 15.7. The number of morpholine rings is 1. The maximum absolute atomic E-state index is 9.73. The van der Waals surface area contributed by atoms with Gasteiger partial charge in [0.25, 0.3) is 5.88 Å². The Morgan fingerprint density at radius 1 is 1.46 bits per heavy atom. The Morgan fingerprint density at radius 2 is 2.12 bits per heavy atom. The number of carbonyl (C=O) groups is 1. The summed E-state index contributed by atoms with van der Waals surface area (Å²) in [5.74, 6) is 1.18. The van der Waals surface area contributed by atoms with Crippen LogP contribution in [0, 0.1) is 6.92 Å². The van der Waals surface area contributed by atoms with Crippen LogP contribution in [-0.4, -0.2) is 83.5 Å². The molecule has 0 unspecified atom stereocenters. The number of rotatable bonds is 9. The fraction of sp³-hybridized carbons (Fsp3) is 0.733. The molecule has 3 N–H and O–H groups in total. The van der Waals surface area contributed by atoms with Gasteiger partial charge in [-0.1, -0.05) is 6.92 Å².